The summed E-state index contributed by atoms with van der Waals surface area (Å²) >= 11 is 0. The number of para-hydroxylation sites is 1. The molecule has 2 aliphatic heterocycles. The summed E-state index contributed by atoms with van der Waals surface area (Å²) in [4.78, 5) is 31.2. The minimum atomic E-state index is -0.431. The maximum atomic E-state index is 13.5. The number of fused-ring (bicyclic) bond motifs is 2. The highest BCUT2D eigenvalue weighted by Gasteiger charge is 2.42. The van der Waals surface area contributed by atoms with Gasteiger partial charge in [0.1, 0.15) is 5.58 Å². The molecule has 2 aromatic carbocycles. The van der Waals surface area contributed by atoms with Gasteiger partial charge in [-0.15, -0.1) is 0 Å². The van der Waals surface area contributed by atoms with Gasteiger partial charge >= 0.3 is 0 Å². The van der Waals surface area contributed by atoms with E-state index in [-0.39, 0.29) is 17.1 Å². The lowest BCUT2D eigenvalue weighted by Gasteiger charge is -2.29. The first-order chi connectivity index (χ1) is 16.0. The summed E-state index contributed by atoms with van der Waals surface area (Å²) in [5.74, 6) is 0.394. The van der Waals surface area contributed by atoms with Crippen LogP contribution in [0.4, 0.5) is 0 Å². The molecular formula is C27H30N2O4. The topological polar surface area (TPSA) is 63.0 Å². The fourth-order valence-corrected chi connectivity index (χ4v) is 4.90. The van der Waals surface area contributed by atoms with E-state index in [0.29, 0.717) is 29.0 Å². The lowest BCUT2D eigenvalue weighted by atomic mass is 9.95. The number of nitrogens with zero attached hydrogens (tertiary/aromatic N) is 2. The molecule has 1 amide bonds. The smallest absolute Gasteiger partial charge is 0.290 e. The molecule has 3 heterocycles. The standard InChI is InChI=1S/C27H30N2O4/c1-18(2)19-8-10-20(11-9-19)24-23-25(30)21-6-3-4-7-22(21)33-26(23)27(31)29(24)13-5-12-28-14-16-32-17-15-28/h3-4,6-11,18,24H,5,12-17H2,1-2H3. The number of carbonyl (C=O) groups is 1. The van der Waals surface area contributed by atoms with Crippen molar-refractivity contribution in [2.45, 2.75) is 32.2 Å². The van der Waals surface area contributed by atoms with Crippen molar-refractivity contribution in [1.82, 2.24) is 9.80 Å². The molecule has 0 aliphatic carbocycles. The fraction of sp³-hybridized carbons (Fsp3) is 0.407. The van der Waals surface area contributed by atoms with Crippen molar-refractivity contribution < 1.29 is 13.9 Å². The molecule has 3 aromatic rings. The molecule has 1 fully saturated rings. The molecule has 33 heavy (non-hydrogen) atoms. The van der Waals surface area contributed by atoms with Gasteiger partial charge in [0.15, 0.2) is 5.43 Å². The first-order valence-electron chi connectivity index (χ1n) is 11.8. The van der Waals surface area contributed by atoms with Crippen LogP contribution in [0.5, 0.6) is 0 Å². The molecule has 0 radical (unpaired) electrons. The Bertz CT molecular complexity index is 1210. The predicted molar refractivity (Wildman–Crippen MR) is 128 cm³/mol. The highest BCUT2D eigenvalue weighted by Crippen LogP contribution is 2.38. The van der Waals surface area contributed by atoms with Crippen LogP contribution in [-0.4, -0.2) is 55.1 Å². The largest absolute Gasteiger partial charge is 0.450 e. The normalized spacial score (nSPS) is 18.9. The van der Waals surface area contributed by atoms with Crippen molar-refractivity contribution in [3.05, 3.63) is 81.2 Å². The molecule has 2 aliphatic rings. The van der Waals surface area contributed by atoms with E-state index < -0.39 is 6.04 Å². The number of rotatable bonds is 6. The molecular weight excluding hydrogens is 416 g/mol. The minimum absolute atomic E-state index is 0.117. The second kappa shape index (κ2) is 9.12. The molecule has 6 nitrogen and oxygen atoms in total. The summed E-state index contributed by atoms with van der Waals surface area (Å²) in [5.41, 5.74) is 2.98. The summed E-state index contributed by atoms with van der Waals surface area (Å²) in [6.07, 6.45) is 0.827. The summed E-state index contributed by atoms with van der Waals surface area (Å²) in [6.45, 7) is 9.11. The van der Waals surface area contributed by atoms with Crippen LogP contribution in [-0.2, 0) is 4.74 Å². The molecule has 1 saturated heterocycles. The van der Waals surface area contributed by atoms with E-state index in [9.17, 15) is 9.59 Å². The van der Waals surface area contributed by atoms with Crippen LogP contribution in [0, 0.1) is 0 Å². The third kappa shape index (κ3) is 4.09. The van der Waals surface area contributed by atoms with Crippen LogP contribution in [0.2, 0.25) is 0 Å². The van der Waals surface area contributed by atoms with E-state index in [4.69, 9.17) is 9.15 Å². The Hall–Kier alpha value is -2.96. The van der Waals surface area contributed by atoms with E-state index >= 15 is 0 Å². The second-order valence-electron chi connectivity index (χ2n) is 9.20. The van der Waals surface area contributed by atoms with Crippen molar-refractivity contribution in [2.75, 3.05) is 39.4 Å². The highest BCUT2D eigenvalue weighted by molar-refractivity contribution is 5.99. The average Bonchev–Trinajstić information content (AvgIpc) is 3.12. The maximum absolute atomic E-state index is 13.5. The van der Waals surface area contributed by atoms with Crippen LogP contribution in [0.1, 0.15) is 59.5 Å². The number of hydrogen-bond acceptors (Lipinski definition) is 5. The van der Waals surface area contributed by atoms with Gasteiger partial charge in [0, 0.05) is 26.2 Å². The van der Waals surface area contributed by atoms with Gasteiger partial charge in [0.25, 0.3) is 5.91 Å². The molecule has 0 saturated carbocycles. The van der Waals surface area contributed by atoms with E-state index in [0.717, 1.165) is 44.8 Å². The van der Waals surface area contributed by atoms with Crippen molar-refractivity contribution in [3.63, 3.8) is 0 Å². The zero-order chi connectivity index (χ0) is 22.9. The van der Waals surface area contributed by atoms with Gasteiger partial charge in [-0.1, -0.05) is 50.2 Å². The molecule has 6 heteroatoms. The number of amides is 1. The zero-order valence-electron chi connectivity index (χ0n) is 19.3. The van der Waals surface area contributed by atoms with Gasteiger partial charge in [-0.2, -0.15) is 0 Å². The van der Waals surface area contributed by atoms with E-state index in [1.54, 1.807) is 12.1 Å². The first-order valence-corrected chi connectivity index (χ1v) is 11.8. The summed E-state index contributed by atoms with van der Waals surface area (Å²) < 4.78 is 11.5. The van der Waals surface area contributed by atoms with Crippen LogP contribution >= 0.6 is 0 Å². The predicted octanol–water partition coefficient (Wildman–Crippen LogP) is 4.18. The van der Waals surface area contributed by atoms with Gasteiger partial charge in [0.05, 0.1) is 30.2 Å². The van der Waals surface area contributed by atoms with Gasteiger partial charge in [0.2, 0.25) is 5.76 Å². The Morgan fingerprint density at radius 3 is 2.42 bits per heavy atom. The van der Waals surface area contributed by atoms with Crippen LogP contribution in [0.25, 0.3) is 11.0 Å². The number of morpholine rings is 1. The molecule has 0 spiro atoms. The quantitative estimate of drug-likeness (QED) is 0.568. The Kier molecular flexibility index (Phi) is 6.04. The second-order valence-corrected chi connectivity index (χ2v) is 9.20. The van der Waals surface area contributed by atoms with Crippen molar-refractivity contribution in [2.24, 2.45) is 0 Å². The molecule has 172 valence electrons. The molecule has 1 aromatic heterocycles. The van der Waals surface area contributed by atoms with Gasteiger partial charge < -0.3 is 14.1 Å². The van der Waals surface area contributed by atoms with Crippen LogP contribution < -0.4 is 5.43 Å². The average molecular weight is 447 g/mol. The Labute approximate surface area is 193 Å². The number of ether oxygens (including phenoxy) is 1. The molecule has 1 atom stereocenters. The lowest BCUT2D eigenvalue weighted by Crippen LogP contribution is -2.38. The Morgan fingerprint density at radius 1 is 0.970 bits per heavy atom. The molecule has 0 bridgehead atoms. The summed E-state index contributed by atoms with van der Waals surface area (Å²) in [5, 5.41) is 0.517. The summed E-state index contributed by atoms with van der Waals surface area (Å²) in [7, 11) is 0. The molecule has 0 N–H and O–H groups in total. The Morgan fingerprint density at radius 2 is 1.70 bits per heavy atom. The van der Waals surface area contributed by atoms with E-state index in [1.807, 2.05) is 29.2 Å². The third-order valence-electron chi connectivity index (χ3n) is 6.77. The molecule has 1 unspecified atom stereocenters. The number of benzene rings is 2. The third-order valence-corrected chi connectivity index (χ3v) is 6.77. The van der Waals surface area contributed by atoms with Gasteiger partial charge in [-0.25, -0.2) is 0 Å². The van der Waals surface area contributed by atoms with Crippen LogP contribution in [0.3, 0.4) is 0 Å². The first kappa shape index (κ1) is 21.9. The fourth-order valence-electron chi connectivity index (χ4n) is 4.90. The monoisotopic (exact) mass is 446 g/mol. The van der Waals surface area contributed by atoms with Gasteiger partial charge in [-0.05, 0) is 35.6 Å². The highest BCUT2D eigenvalue weighted by atomic mass is 16.5. The van der Waals surface area contributed by atoms with Crippen LogP contribution in [0.15, 0.2) is 57.7 Å². The maximum Gasteiger partial charge on any atom is 0.290 e. The zero-order valence-corrected chi connectivity index (χ0v) is 19.3. The number of carbonyl (C=O) groups excluding carboxylic acids is 1. The minimum Gasteiger partial charge on any atom is -0.450 e. The summed E-state index contributed by atoms with van der Waals surface area (Å²) in [6, 6.07) is 15.0. The van der Waals surface area contributed by atoms with Crippen molar-refractivity contribution in [1.29, 1.82) is 0 Å². The SMILES string of the molecule is CC(C)c1ccc(C2c3c(oc4ccccc4c3=O)C(=O)N2CCCN2CCOCC2)cc1. The van der Waals surface area contributed by atoms with E-state index in [2.05, 4.69) is 30.9 Å². The number of hydrogen-bond donors (Lipinski definition) is 0. The van der Waals surface area contributed by atoms with Crippen molar-refractivity contribution >= 4 is 16.9 Å². The Balaban J connectivity index is 1.52. The van der Waals surface area contributed by atoms with E-state index in [1.165, 1.54) is 5.56 Å². The van der Waals surface area contributed by atoms with Crippen molar-refractivity contribution in [3.8, 4) is 0 Å². The molecule has 5 rings (SSSR count). The van der Waals surface area contributed by atoms with Gasteiger partial charge in [-0.3, -0.25) is 14.5 Å². The lowest BCUT2D eigenvalue weighted by molar-refractivity contribution is 0.0353.